The highest BCUT2D eigenvalue weighted by molar-refractivity contribution is 5.85. The Morgan fingerprint density at radius 3 is 2.71 bits per heavy atom. The molecule has 1 nitrogen and oxygen atoms in total. The van der Waals surface area contributed by atoms with Crippen LogP contribution in [0.15, 0.2) is 42.5 Å². The van der Waals surface area contributed by atoms with Gasteiger partial charge < -0.3 is 5.32 Å². The van der Waals surface area contributed by atoms with Gasteiger partial charge in [0, 0.05) is 13.0 Å². The first-order chi connectivity index (χ1) is 9.74. The van der Waals surface area contributed by atoms with Gasteiger partial charge in [0.05, 0.1) is 0 Å². The van der Waals surface area contributed by atoms with Crippen LogP contribution in [0.25, 0.3) is 0 Å². The van der Waals surface area contributed by atoms with Gasteiger partial charge in [-0.3, -0.25) is 0 Å². The van der Waals surface area contributed by atoms with Crippen LogP contribution < -0.4 is 5.32 Å². The summed E-state index contributed by atoms with van der Waals surface area (Å²) in [5.41, 5.74) is 4.44. The topological polar surface area (TPSA) is 12.0 Å². The number of fused-ring (bicyclic) bond motifs is 1. The van der Waals surface area contributed by atoms with Crippen molar-refractivity contribution in [3.8, 4) is 0 Å². The average molecular weight is 306 g/mol. The Bertz CT molecular complexity index is 598. The third-order valence-electron chi connectivity index (χ3n) is 4.10. The molecule has 1 aliphatic rings. The van der Waals surface area contributed by atoms with E-state index in [1.54, 1.807) is 6.07 Å². The van der Waals surface area contributed by atoms with E-state index in [1.165, 1.54) is 5.56 Å². The van der Waals surface area contributed by atoms with Gasteiger partial charge >= 0.3 is 0 Å². The molecule has 0 radical (unpaired) electrons. The fourth-order valence-corrected chi connectivity index (χ4v) is 2.96. The second kappa shape index (κ2) is 7.06. The van der Waals surface area contributed by atoms with Crippen molar-refractivity contribution in [1.82, 2.24) is 5.32 Å². The van der Waals surface area contributed by atoms with E-state index < -0.39 is 0 Å². The van der Waals surface area contributed by atoms with E-state index >= 15 is 0 Å². The van der Waals surface area contributed by atoms with E-state index in [4.69, 9.17) is 0 Å². The quantitative estimate of drug-likeness (QED) is 0.881. The summed E-state index contributed by atoms with van der Waals surface area (Å²) in [5.74, 6) is 0.379. The lowest BCUT2D eigenvalue weighted by molar-refractivity contribution is 0.609. The molecular weight excluding hydrogens is 285 g/mol. The largest absolute Gasteiger partial charge is 0.316 e. The molecule has 2 aromatic carbocycles. The van der Waals surface area contributed by atoms with Crippen LogP contribution in [-0.4, -0.2) is 13.1 Å². The summed E-state index contributed by atoms with van der Waals surface area (Å²) in [6, 6.07) is 13.9. The molecule has 0 saturated carbocycles. The van der Waals surface area contributed by atoms with Gasteiger partial charge in [0.25, 0.3) is 0 Å². The highest BCUT2D eigenvalue weighted by Crippen LogP contribution is 2.26. The number of hydrogen-bond acceptors (Lipinski definition) is 1. The molecule has 0 aliphatic carbocycles. The van der Waals surface area contributed by atoms with E-state index in [2.05, 4.69) is 30.4 Å². The van der Waals surface area contributed by atoms with Crippen LogP contribution in [0.1, 0.15) is 35.1 Å². The van der Waals surface area contributed by atoms with Gasteiger partial charge in [0.1, 0.15) is 5.82 Å². The van der Waals surface area contributed by atoms with Crippen molar-refractivity contribution in [2.75, 3.05) is 13.1 Å². The molecule has 21 heavy (non-hydrogen) atoms. The van der Waals surface area contributed by atoms with Crippen molar-refractivity contribution in [3.05, 3.63) is 70.5 Å². The first kappa shape index (κ1) is 16.0. The Morgan fingerprint density at radius 1 is 1.19 bits per heavy atom. The molecule has 1 aliphatic heterocycles. The monoisotopic (exact) mass is 305 g/mol. The van der Waals surface area contributed by atoms with E-state index in [0.717, 1.165) is 36.2 Å². The molecule has 0 fully saturated rings. The van der Waals surface area contributed by atoms with Gasteiger partial charge in [-0.25, -0.2) is 4.39 Å². The van der Waals surface area contributed by atoms with Crippen molar-refractivity contribution in [2.45, 2.75) is 25.7 Å². The molecule has 1 N–H and O–H groups in total. The van der Waals surface area contributed by atoms with Crippen LogP contribution >= 0.6 is 12.4 Å². The molecule has 0 aromatic heterocycles. The molecule has 0 amide bonds. The summed E-state index contributed by atoms with van der Waals surface area (Å²) in [5, 5.41) is 3.41. The predicted molar refractivity (Wildman–Crippen MR) is 87.9 cm³/mol. The molecule has 3 heteroatoms. The zero-order valence-electron chi connectivity index (χ0n) is 12.2. The summed E-state index contributed by atoms with van der Waals surface area (Å²) in [6.45, 7) is 4.12. The first-order valence-corrected chi connectivity index (χ1v) is 7.30. The van der Waals surface area contributed by atoms with Crippen LogP contribution in [0.2, 0.25) is 0 Å². The maximum Gasteiger partial charge on any atom is 0.127 e. The molecule has 2 aromatic rings. The second-order valence-corrected chi connectivity index (χ2v) is 5.66. The molecular formula is C18H21ClFN. The molecule has 1 atom stereocenters. The summed E-state index contributed by atoms with van der Waals surface area (Å²) in [4.78, 5) is 0. The molecule has 112 valence electrons. The van der Waals surface area contributed by atoms with E-state index in [9.17, 15) is 4.39 Å². The molecule has 1 heterocycles. The summed E-state index contributed by atoms with van der Waals surface area (Å²) in [7, 11) is 0. The van der Waals surface area contributed by atoms with Gasteiger partial charge in [0.15, 0.2) is 0 Å². The second-order valence-electron chi connectivity index (χ2n) is 5.66. The maximum atomic E-state index is 14.3. The Kier molecular flexibility index (Phi) is 5.38. The highest BCUT2D eigenvalue weighted by Gasteiger charge is 2.17. The lowest BCUT2D eigenvalue weighted by Crippen LogP contribution is -2.18. The van der Waals surface area contributed by atoms with Crippen LogP contribution in [0.3, 0.4) is 0 Å². The minimum absolute atomic E-state index is 0. The van der Waals surface area contributed by atoms with Gasteiger partial charge in [-0.05, 0) is 47.2 Å². The Morgan fingerprint density at radius 2 is 1.95 bits per heavy atom. The Hall–Kier alpha value is -1.38. The van der Waals surface area contributed by atoms with Gasteiger partial charge in [-0.1, -0.05) is 43.3 Å². The minimum atomic E-state index is -0.0679. The van der Waals surface area contributed by atoms with E-state index in [1.807, 2.05) is 18.2 Å². The third kappa shape index (κ3) is 3.63. The predicted octanol–water partition coefficient (Wildman–Crippen LogP) is 4.09. The van der Waals surface area contributed by atoms with Gasteiger partial charge in [-0.15, -0.1) is 12.4 Å². The van der Waals surface area contributed by atoms with Crippen LogP contribution in [0.5, 0.6) is 0 Å². The third-order valence-corrected chi connectivity index (χ3v) is 4.10. The highest BCUT2D eigenvalue weighted by atomic mass is 35.5. The molecule has 3 rings (SSSR count). The fourth-order valence-electron chi connectivity index (χ4n) is 2.96. The van der Waals surface area contributed by atoms with Crippen molar-refractivity contribution >= 4 is 12.4 Å². The summed E-state index contributed by atoms with van der Waals surface area (Å²) >= 11 is 0. The fraction of sp³-hybridized carbons (Fsp3) is 0.333. The van der Waals surface area contributed by atoms with Crippen molar-refractivity contribution in [2.24, 2.45) is 0 Å². The van der Waals surface area contributed by atoms with Crippen LogP contribution in [0.4, 0.5) is 4.39 Å². The summed E-state index contributed by atoms with van der Waals surface area (Å²) < 4.78 is 14.3. The van der Waals surface area contributed by atoms with Crippen molar-refractivity contribution < 1.29 is 4.39 Å². The Balaban J connectivity index is 0.00000161. The average Bonchev–Trinajstić information content (AvgIpc) is 2.63. The number of halogens is 2. The van der Waals surface area contributed by atoms with Crippen molar-refractivity contribution in [3.63, 3.8) is 0 Å². The lowest BCUT2D eigenvalue weighted by Gasteiger charge is -2.15. The number of nitrogens with one attached hydrogen (secondary N) is 1. The molecule has 0 spiro atoms. The van der Waals surface area contributed by atoms with Crippen molar-refractivity contribution in [1.29, 1.82) is 0 Å². The zero-order valence-corrected chi connectivity index (χ0v) is 13.0. The SMILES string of the molecule is C[C@H]1CNCCc2cc(F)c(Cc3ccccc3)cc21.Cl. The van der Waals surface area contributed by atoms with Crippen LogP contribution in [-0.2, 0) is 12.8 Å². The lowest BCUT2D eigenvalue weighted by atomic mass is 9.91. The Labute approximate surface area is 132 Å². The summed E-state index contributed by atoms with van der Waals surface area (Å²) in [6.07, 6.45) is 1.59. The van der Waals surface area contributed by atoms with E-state index in [0.29, 0.717) is 12.3 Å². The van der Waals surface area contributed by atoms with Gasteiger partial charge in [0.2, 0.25) is 0 Å². The number of benzene rings is 2. The molecule has 0 unspecified atom stereocenters. The van der Waals surface area contributed by atoms with E-state index in [-0.39, 0.29) is 18.2 Å². The van der Waals surface area contributed by atoms with Gasteiger partial charge in [-0.2, -0.15) is 0 Å². The number of hydrogen-bond donors (Lipinski definition) is 1. The van der Waals surface area contributed by atoms with Crippen LogP contribution in [0, 0.1) is 5.82 Å². The first-order valence-electron chi connectivity index (χ1n) is 7.30. The zero-order chi connectivity index (χ0) is 13.9. The molecule has 0 saturated heterocycles. The minimum Gasteiger partial charge on any atom is -0.316 e. The smallest absolute Gasteiger partial charge is 0.127 e. The number of rotatable bonds is 2. The normalized spacial score (nSPS) is 17.5. The molecule has 0 bridgehead atoms. The maximum absolute atomic E-state index is 14.3. The standard InChI is InChI=1S/C18H20FN.ClH/c1-13-12-20-8-7-15-11-18(19)16(10-17(13)15)9-14-5-3-2-4-6-14;/h2-6,10-11,13,20H,7-9,12H2,1H3;1H/t13-;/m0./s1.